The number of nitrogens with zero attached hydrogens (tertiary/aromatic N) is 2. The molecular formula is C12H12FN5. The number of nitrogens with one attached hydrogen (secondary N) is 2. The van der Waals surface area contributed by atoms with Gasteiger partial charge in [0, 0.05) is 29.0 Å². The predicted molar refractivity (Wildman–Crippen MR) is 66.8 cm³/mol. The second-order valence-electron chi connectivity index (χ2n) is 4.20. The molecular weight excluding hydrogens is 233 g/mol. The van der Waals surface area contributed by atoms with Crippen LogP contribution in [0.25, 0.3) is 16.7 Å². The van der Waals surface area contributed by atoms with Crippen molar-refractivity contribution in [3.8, 4) is 0 Å². The number of aromatic amines is 1. The zero-order valence-corrected chi connectivity index (χ0v) is 9.74. The van der Waals surface area contributed by atoms with Crippen molar-refractivity contribution in [2.75, 3.05) is 0 Å². The average molecular weight is 245 g/mol. The first-order valence-electron chi connectivity index (χ1n) is 5.54. The fraction of sp³-hybridized carbons (Fsp3) is 0.167. The van der Waals surface area contributed by atoms with Crippen molar-refractivity contribution in [3.63, 3.8) is 0 Å². The third-order valence-electron chi connectivity index (χ3n) is 2.97. The quantitative estimate of drug-likeness (QED) is 0.710. The van der Waals surface area contributed by atoms with Gasteiger partial charge < -0.3 is 16.0 Å². The molecule has 1 unspecified atom stereocenters. The monoisotopic (exact) mass is 245 g/mol. The minimum absolute atomic E-state index is 0.338. The molecule has 0 radical (unpaired) electrons. The van der Waals surface area contributed by atoms with E-state index in [2.05, 4.69) is 20.3 Å². The van der Waals surface area contributed by atoms with Crippen LogP contribution in [0.5, 0.6) is 0 Å². The molecule has 92 valence electrons. The van der Waals surface area contributed by atoms with Crippen molar-refractivity contribution in [3.05, 3.63) is 41.8 Å². The Kier molecular flexibility index (Phi) is 2.38. The molecule has 0 bridgehead atoms. The van der Waals surface area contributed by atoms with Crippen LogP contribution in [-0.2, 0) is 0 Å². The van der Waals surface area contributed by atoms with Crippen LogP contribution < -0.4 is 11.1 Å². The number of allylic oxidation sites excluding steroid dienone is 2. The molecule has 2 aromatic rings. The Bertz CT molecular complexity index is 670. The maximum Gasteiger partial charge on any atom is 0.141 e. The molecule has 1 atom stereocenters. The van der Waals surface area contributed by atoms with Gasteiger partial charge in [0.25, 0.3) is 0 Å². The molecule has 0 aliphatic carbocycles. The van der Waals surface area contributed by atoms with Crippen LogP contribution in [0.3, 0.4) is 0 Å². The van der Waals surface area contributed by atoms with Gasteiger partial charge >= 0.3 is 0 Å². The second-order valence-corrected chi connectivity index (χ2v) is 4.20. The van der Waals surface area contributed by atoms with E-state index >= 15 is 0 Å². The second kappa shape index (κ2) is 3.92. The van der Waals surface area contributed by atoms with Crippen LogP contribution in [0.1, 0.15) is 12.5 Å². The Morgan fingerprint density at radius 3 is 3.06 bits per heavy atom. The Balaban J connectivity index is 2.14. The number of hydrogen-bond donors (Lipinski definition) is 3. The van der Waals surface area contributed by atoms with Crippen LogP contribution in [0.15, 0.2) is 36.2 Å². The molecule has 0 aromatic carbocycles. The number of dihydropyridines is 1. The standard InChI is InChI=1S/C12H12FN5/c1-6-2-9(18-11(14)10(6)13)7-4-16-12-8(7)3-15-5-17-12/h2-5,11,18H,14H2,1H3,(H,15,16,17). The lowest BCUT2D eigenvalue weighted by atomic mass is 10.1. The molecule has 0 fully saturated rings. The normalized spacial score (nSPS) is 19.9. The SMILES string of the molecule is CC1=C(F)C(N)NC(c2c[nH]c3ncncc23)=C1. The van der Waals surface area contributed by atoms with Gasteiger partial charge in [-0.25, -0.2) is 14.4 Å². The molecule has 2 aromatic heterocycles. The van der Waals surface area contributed by atoms with Gasteiger partial charge in [-0.05, 0) is 18.6 Å². The van der Waals surface area contributed by atoms with E-state index in [0.717, 1.165) is 22.3 Å². The highest BCUT2D eigenvalue weighted by Crippen LogP contribution is 2.27. The zero-order chi connectivity index (χ0) is 12.7. The summed E-state index contributed by atoms with van der Waals surface area (Å²) in [6.07, 6.45) is 5.92. The summed E-state index contributed by atoms with van der Waals surface area (Å²) in [6, 6.07) is 0. The lowest BCUT2D eigenvalue weighted by Gasteiger charge is -2.22. The van der Waals surface area contributed by atoms with Crippen LogP contribution in [0.4, 0.5) is 4.39 Å². The molecule has 3 heterocycles. The van der Waals surface area contributed by atoms with Crippen molar-refractivity contribution in [1.29, 1.82) is 0 Å². The summed E-state index contributed by atoms with van der Waals surface area (Å²) >= 11 is 0. The smallest absolute Gasteiger partial charge is 0.141 e. The van der Waals surface area contributed by atoms with Crippen molar-refractivity contribution < 1.29 is 4.39 Å². The van der Waals surface area contributed by atoms with Crippen molar-refractivity contribution in [2.24, 2.45) is 5.73 Å². The highest BCUT2D eigenvalue weighted by molar-refractivity contribution is 5.90. The third kappa shape index (κ3) is 1.58. The van der Waals surface area contributed by atoms with Gasteiger partial charge in [0.1, 0.15) is 24.0 Å². The van der Waals surface area contributed by atoms with E-state index in [1.165, 1.54) is 6.33 Å². The van der Waals surface area contributed by atoms with E-state index in [1.807, 2.05) is 0 Å². The molecule has 0 amide bonds. The van der Waals surface area contributed by atoms with Crippen molar-refractivity contribution >= 4 is 16.7 Å². The Hall–Kier alpha value is -2.21. The number of fused-ring (bicyclic) bond motifs is 1. The van der Waals surface area contributed by atoms with Crippen LogP contribution in [-0.4, -0.2) is 21.1 Å². The Morgan fingerprint density at radius 2 is 2.28 bits per heavy atom. The molecule has 1 aliphatic heterocycles. The Labute approximate surface area is 103 Å². The van der Waals surface area contributed by atoms with Gasteiger partial charge in [0.15, 0.2) is 0 Å². The lowest BCUT2D eigenvalue weighted by Crippen LogP contribution is -2.39. The van der Waals surface area contributed by atoms with Gasteiger partial charge in [-0.3, -0.25) is 0 Å². The van der Waals surface area contributed by atoms with Gasteiger partial charge in [0.2, 0.25) is 0 Å². The summed E-state index contributed by atoms with van der Waals surface area (Å²) in [5.41, 5.74) is 8.60. The minimum Gasteiger partial charge on any atom is -0.364 e. The van der Waals surface area contributed by atoms with Crippen LogP contribution >= 0.6 is 0 Å². The fourth-order valence-electron chi connectivity index (χ4n) is 2.04. The molecule has 18 heavy (non-hydrogen) atoms. The molecule has 0 spiro atoms. The highest BCUT2D eigenvalue weighted by Gasteiger charge is 2.20. The summed E-state index contributed by atoms with van der Waals surface area (Å²) < 4.78 is 13.5. The maximum atomic E-state index is 13.5. The molecule has 0 saturated heterocycles. The summed E-state index contributed by atoms with van der Waals surface area (Å²) in [5, 5.41) is 3.80. The largest absolute Gasteiger partial charge is 0.364 e. The highest BCUT2D eigenvalue weighted by atomic mass is 19.1. The van der Waals surface area contributed by atoms with Crippen molar-refractivity contribution in [1.82, 2.24) is 20.3 Å². The number of hydrogen-bond acceptors (Lipinski definition) is 4. The van der Waals surface area contributed by atoms with Gasteiger partial charge in [-0.1, -0.05) is 0 Å². The first-order valence-corrected chi connectivity index (χ1v) is 5.54. The van der Waals surface area contributed by atoms with Gasteiger partial charge in [0.05, 0.1) is 0 Å². The minimum atomic E-state index is -0.806. The molecule has 1 aliphatic rings. The van der Waals surface area contributed by atoms with E-state index in [0.29, 0.717) is 5.57 Å². The lowest BCUT2D eigenvalue weighted by molar-refractivity contribution is 0.504. The van der Waals surface area contributed by atoms with Gasteiger partial charge in [-0.2, -0.15) is 0 Å². The van der Waals surface area contributed by atoms with E-state index in [-0.39, 0.29) is 5.83 Å². The third-order valence-corrected chi connectivity index (χ3v) is 2.97. The topological polar surface area (TPSA) is 79.6 Å². The summed E-state index contributed by atoms with van der Waals surface area (Å²) in [5.74, 6) is -0.338. The summed E-state index contributed by atoms with van der Waals surface area (Å²) in [7, 11) is 0. The summed E-state index contributed by atoms with van der Waals surface area (Å²) in [6.45, 7) is 1.70. The van der Waals surface area contributed by atoms with Gasteiger partial charge in [-0.15, -0.1) is 0 Å². The zero-order valence-electron chi connectivity index (χ0n) is 9.74. The first kappa shape index (κ1) is 10.9. The fourth-order valence-corrected chi connectivity index (χ4v) is 2.04. The van der Waals surface area contributed by atoms with E-state index in [1.54, 1.807) is 25.4 Å². The first-order chi connectivity index (χ1) is 8.66. The maximum absolute atomic E-state index is 13.5. The molecule has 5 nitrogen and oxygen atoms in total. The molecule has 0 saturated carbocycles. The van der Waals surface area contributed by atoms with Crippen LogP contribution in [0, 0.1) is 0 Å². The van der Waals surface area contributed by atoms with E-state index in [4.69, 9.17) is 5.73 Å². The van der Waals surface area contributed by atoms with E-state index < -0.39 is 6.17 Å². The number of halogens is 1. The Morgan fingerprint density at radius 1 is 1.44 bits per heavy atom. The van der Waals surface area contributed by atoms with Crippen LogP contribution in [0.2, 0.25) is 0 Å². The number of rotatable bonds is 1. The van der Waals surface area contributed by atoms with E-state index in [9.17, 15) is 4.39 Å². The molecule has 3 rings (SSSR count). The number of nitrogens with two attached hydrogens (primary N) is 1. The summed E-state index contributed by atoms with van der Waals surface area (Å²) in [4.78, 5) is 11.1. The predicted octanol–water partition coefficient (Wildman–Crippen LogP) is 1.43. The number of aromatic nitrogens is 3. The molecule has 4 N–H and O–H groups in total. The average Bonchev–Trinajstić information content (AvgIpc) is 2.79. The number of H-pyrrole nitrogens is 1. The van der Waals surface area contributed by atoms with Crippen molar-refractivity contribution in [2.45, 2.75) is 13.1 Å². The molecule has 6 heteroatoms.